The average molecular weight is 690 g/mol. The largest absolute Gasteiger partial charge is 0.394 e. The SMILES string of the molecule is CN=C(N)NCCCCCCCCCCCCCN.CN=C(N)NCCCCCCN(CCCCCCN)CC(O)CO.OCC1CO1. The number of aliphatic imine (C=N–C) groups is 2. The predicted octanol–water partition coefficient (Wildman–Crippen LogP) is 2.40. The van der Waals surface area contributed by atoms with Gasteiger partial charge in [0.1, 0.15) is 6.10 Å². The lowest BCUT2D eigenvalue weighted by molar-refractivity contribution is 0.0579. The number of aliphatic hydroxyl groups is 3. The van der Waals surface area contributed by atoms with Gasteiger partial charge in [0.05, 0.1) is 25.9 Å². The van der Waals surface area contributed by atoms with Crippen molar-refractivity contribution in [3.05, 3.63) is 0 Å². The fourth-order valence-electron chi connectivity index (χ4n) is 4.92. The molecule has 0 aromatic rings. The van der Waals surface area contributed by atoms with Crippen LogP contribution in [0, 0.1) is 0 Å². The molecule has 2 atom stereocenters. The van der Waals surface area contributed by atoms with Crippen molar-refractivity contribution in [3.8, 4) is 0 Å². The molecule has 0 spiro atoms. The second-order valence-electron chi connectivity index (χ2n) is 12.6. The molecule has 1 aliphatic heterocycles. The number of guanidine groups is 2. The van der Waals surface area contributed by atoms with Gasteiger partial charge >= 0.3 is 0 Å². The molecule has 13 heteroatoms. The van der Waals surface area contributed by atoms with E-state index in [1.54, 1.807) is 14.1 Å². The molecule has 13 N–H and O–H groups in total. The number of hydrogen-bond acceptors (Lipinski definition) is 9. The topological polar surface area (TPSA) is 229 Å². The first-order valence-corrected chi connectivity index (χ1v) is 18.9. The molecule has 1 rings (SSSR count). The van der Waals surface area contributed by atoms with Crippen molar-refractivity contribution in [2.45, 2.75) is 134 Å². The number of aliphatic hydroxyl groups excluding tert-OH is 3. The molecule has 1 heterocycles. The van der Waals surface area contributed by atoms with Crippen molar-refractivity contribution in [1.29, 1.82) is 0 Å². The van der Waals surface area contributed by atoms with Crippen LogP contribution in [-0.4, -0.2) is 124 Å². The number of nitrogens with zero attached hydrogens (tertiary/aromatic N) is 3. The number of rotatable bonds is 30. The van der Waals surface area contributed by atoms with Crippen molar-refractivity contribution >= 4 is 11.9 Å². The van der Waals surface area contributed by atoms with E-state index in [2.05, 4.69) is 30.3 Å². The van der Waals surface area contributed by atoms with E-state index in [0.717, 1.165) is 84.4 Å². The lowest BCUT2D eigenvalue weighted by Crippen LogP contribution is -2.35. The third kappa shape index (κ3) is 40.4. The molecule has 1 saturated heterocycles. The monoisotopic (exact) mass is 690 g/mol. The first-order valence-electron chi connectivity index (χ1n) is 18.9. The number of epoxide rings is 1. The highest BCUT2D eigenvalue weighted by atomic mass is 16.6. The van der Waals surface area contributed by atoms with Gasteiger partial charge in [-0.15, -0.1) is 0 Å². The molecule has 0 radical (unpaired) electrons. The summed E-state index contributed by atoms with van der Waals surface area (Å²) in [6.45, 7) is 6.71. The number of nitrogens with one attached hydrogen (secondary N) is 2. The van der Waals surface area contributed by atoms with Crippen LogP contribution in [0.25, 0.3) is 0 Å². The summed E-state index contributed by atoms with van der Waals surface area (Å²) in [5, 5.41) is 32.9. The minimum Gasteiger partial charge on any atom is -0.394 e. The van der Waals surface area contributed by atoms with Gasteiger partial charge in [0.2, 0.25) is 0 Å². The summed E-state index contributed by atoms with van der Waals surface area (Å²) in [4.78, 5) is 9.98. The number of ether oxygens (including phenoxy) is 1. The highest BCUT2D eigenvalue weighted by molar-refractivity contribution is 5.77. The highest BCUT2D eigenvalue weighted by Gasteiger charge is 2.19. The van der Waals surface area contributed by atoms with Gasteiger partial charge in [-0.1, -0.05) is 83.5 Å². The van der Waals surface area contributed by atoms with Crippen LogP contribution in [0.5, 0.6) is 0 Å². The summed E-state index contributed by atoms with van der Waals surface area (Å²) in [5.41, 5.74) is 22.1. The molecular formula is C35H79N9O4. The minimum atomic E-state index is -0.644. The Labute approximate surface area is 294 Å². The van der Waals surface area contributed by atoms with Gasteiger partial charge in [0, 0.05) is 33.7 Å². The van der Waals surface area contributed by atoms with Crippen LogP contribution in [0.4, 0.5) is 0 Å². The molecule has 0 amide bonds. The fourth-order valence-corrected chi connectivity index (χ4v) is 4.92. The van der Waals surface area contributed by atoms with Crippen LogP contribution >= 0.6 is 0 Å². The van der Waals surface area contributed by atoms with Crippen LogP contribution in [0.3, 0.4) is 0 Å². The zero-order chi connectivity index (χ0) is 35.9. The number of unbranched alkanes of at least 4 members (excludes halogenated alkanes) is 16. The molecule has 1 aliphatic rings. The van der Waals surface area contributed by atoms with E-state index in [1.807, 2.05) is 0 Å². The summed E-state index contributed by atoms with van der Waals surface area (Å²) in [6.07, 6.45) is 23.2. The molecule has 1 fully saturated rings. The normalized spacial score (nSPS) is 15.0. The molecule has 0 bridgehead atoms. The van der Waals surface area contributed by atoms with Gasteiger partial charge < -0.3 is 58.5 Å². The summed E-state index contributed by atoms with van der Waals surface area (Å²) in [7, 11) is 3.38. The van der Waals surface area contributed by atoms with Crippen LogP contribution in [0.15, 0.2) is 9.98 Å². The Balaban J connectivity index is 0. The standard InChI is InChI=1S/C17H39N5O2.C15H34N4.C3H6O2/c1-20-17(19)21-11-7-3-5-9-13-22(14-16(24)15-23)12-8-4-2-6-10-18;1-18-15(17)19-14-12-10-8-6-4-2-3-5-7-9-11-13-16;4-1-3-2-5-3/h16,23-24H,2-15,18H2,1H3,(H3,19,20,21);2-14,16H2,1H3,(H3,17,18,19);3-4H,1-2H2. The Morgan fingerprint density at radius 3 is 1.31 bits per heavy atom. The van der Waals surface area contributed by atoms with Crippen molar-refractivity contribution < 1.29 is 20.1 Å². The van der Waals surface area contributed by atoms with Crippen molar-refractivity contribution in [1.82, 2.24) is 15.5 Å². The first kappa shape index (κ1) is 48.4. The summed E-state index contributed by atoms with van der Waals surface area (Å²) < 4.78 is 4.61. The molecule has 0 saturated carbocycles. The summed E-state index contributed by atoms with van der Waals surface area (Å²) in [6, 6.07) is 0. The predicted molar refractivity (Wildman–Crippen MR) is 203 cm³/mol. The second-order valence-corrected chi connectivity index (χ2v) is 12.6. The lowest BCUT2D eigenvalue weighted by Gasteiger charge is -2.24. The molecule has 0 aromatic heterocycles. The van der Waals surface area contributed by atoms with Gasteiger partial charge in [-0.2, -0.15) is 0 Å². The molecule has 2 unspecified atom stereocenters. The molecule has 0 aromatic carbocycles. The maximum Gasteiger partial charge on any atom is 0.188 e. The number of hydrogen-bond donors (Lipinski definition) is 9. The van der Waals surface area contributed by atoms with Crippen LogP contribution in [0.2, 0.25) is 0 Å². The second kappa shape index (κ2) is 39.7. The fraction of sp³-hybridized carbons (Fsp3) is 0.943. The molecule has 0 aliphatic carbocycles. The molecule has 48 heavy (non-hydrogen) atoms. The smallest absolute Gasteiger partial charge is 0.188 e. The van der Waals surface area contributed by atoms with Gasteiger partial charge in [-0.05, 0) is 64.7 Å². The van der Waals surface area contributed by atoms with Crippen molar-refractivity contribution in [2.24, 2.45) is 32.9 Å². The molecular weight excluding hydrogens is 610 g/mol. The van der Waals surface area contributed by atoms with Gasteiger partial charge in [0.25, 0.3) is 0 Å². The molecule has 13 nitrogen and oxygen atoms in total. The van der Waals surface area contributed by atoms with E-state index in [1.165, 1.54) is 83.5 Å². The third-order valence-electron chi connectivity index (χ3n) is 8.09. The van der Waals surface area contributed by atoms with Crippen LogP contribution in [-0.2, 0) is 4.74 Å². The van der Waals surface area contributed by atoms with E-state index in [-0.39, 0.29) is 19.3 Å². The van der Waals surface area contributed by atoms with E-state index < -0.39 is 6.10 Å². The Hall–Kier alpha value is -1.74. The van der Waals surface area contributed by atoms with Crippen molar-refractivity contribution in [3.63, 3.8) is 0 Å². The Bertz CT molecular complexity index is 701. The Morgan fingerprint density at radius 1 is 0.667 bits per heavy atom. The van der Waals surface area contributed by atoms with E-state index in [0.29, 0.717) is 18.5 Å². The van der Waals surface area contributed by atoms with Gasteiger partial charge in [-0.3, -0.25) is 9.98 Å². The maximum atomic E-state index is 9.68. The zero-order valence-electron chi connectivity index (χ0n) is 31.1. The van der Waals surface area contributed by atoms with Gasteiger partial charge in [-0.25, -0.2) is 0 Å². The van der Waals surface area contributed by atoms with Crippen LogP contribution in [0.1, 0.15) is 122 Å². The summed E-state index contributed by atoms with van der Waals surface area (Å²) in [5.74, 6) is 1.04. The van der Waals surface area contributed by atoms with Crippen LogP contribution < -0.4 is 33.6 Å². The molecule has 288 valence electrons. The van der Waals surface area contributed by atoms with E-state index in [9.17, 15) is 5.11 Å². The Morgan fingerprint density at radius 2 is 1.02 bits per heavy atom. The highest BCUT2D eigenvalue weighted by Crippen LogP contribution is 2.11. The van der Waals surface area contributed by atoms with E-state index in [4.69, 9.17) is 33.1 Å². The van der Waals surface area contributed by atoms with E-state index >= 15 is 0 Å². The quantitative estimate of drug-likeness (QED) is 0.0230. The third-order valence-corrected chi connectivity index (χ3v) is 8.09. The minimum absolute atomic E-state index is 0.171. The maximum absolute atomic E-state index is 9.68. The first-order chi connectivity index (χ1) is 23.4. The Kier molecular flexibility index (Phi) is 40.0. The summed E-state index contributed by atoms with van der Waals surface area (Å²) >= 11 is 0. The van der Waals surface area contributed by atoms with Gasteiger partial charge in [0.15, 0.2) is 11.9 Å². The zero-order valence-corrected chi connectivity index (χ0v) is 31.1. The lowest BCUT2D eigenvalue weighted by atomic mass is 10.1. The number of nitrogens with two attached hydrogens (primary N) is 4. The average Bonchev–Trinajstić information content (AvgIpc) is 3.95. The van der Waals surface area contributed by atoms with Crippen molar-refractivity contribution in [2.75, 3.05) is 79.7 Å².